The second-order valence-corrected chi connectivity index (χ2v) is 15.0. The summed E-state index contributed by atoms with van der Waals surface area (Å²) in [5.41, 5.74) is 1.70. The minimum Gasteiger partial charge on any atom is -0.497 e. The zero-order chi connectivity index (χ0) is 40.3. The molecule has 13 heteroatoms. The molecule has 4 aromatic carbocycles. The Bertz CT molecular complexity index is 2330. The summed E-state index contributed by atoms with van der Waals surface area (Å²) in [5, 5.41) is 0. The number of pyridine rings is 1. The first kappa shape index (κ1) is 38.9. The van der Waals surface area contributed by atoms with E-state index >= 15 is 8.78 Å². The average Bonchev–Trinajstić information content (AvgIpc) is 3.49. The quantitative estimate of drug-likeness (QED) is 0.129. The zero-order valence-electron chi connectivity index (χ0n) is 32.5. The molecule has 0 aliphatic carbocycles. The van der Waals surface area contributed by atoms with Gasteiger partial charge < -0.3 is 28.7 Å². The molecule has 1 atom stereocenters. The molecule has 296 valence electrons. The standard InChI is InChI=1S/C44H45F2N5O6/c1-43(2,3)57-42(53)49-28-33(25-44(45,46)29-49)50-38-23-24-47-40(39(38)51(41(50)52)32-15-21-37(22-16-32)56-36-9-7-6-8-10-36)48(26-30-11-17-34(54-4)18-12-30)27-31-13-19-35(55-5)20-14-31/h6-24,33H,25-29H2,1-5H3. The third kappa shape index (κ3) is 8.88. The van der Waals surface area contributed by atoms with Gasteiger partial charge in [-0.3, -0.25) is 9.13 Å². The smallest absolute Gasteiger partial charge is 0.410 e. The van der Waals surface area contributed by atoms with Crippen molar-refractivity contribution in [2.75, 3.05) is 32.2 Å². The van der Waals surface area contributed by atoms with Gasteiger partial charge in [0, 0.05) is 32.3 Å². The lowest BCUT2D eigenvalue weighted by Gasteiger charge is -2.38. The van der Waals surface area contributed by atoms with Crippen LogP contribution in [0.3, 0.4) is 0 Å². The van der Waals surface area contributed by atoms with Gasteiger partial charge in [-0.15, -0.1) is 0 Å². The van der Waals surface area contributed by atoms with Crippen LogP contribution < -0.4 is 24.8 Å². The van der Waals surface area contributed by atoms with Crippen LogP contribution in [0.2, 0.25) is 0 Å². The Hall–Kier alpha value is -6.37. The van der Waals surface area contributed by atoms with Crippen LogP contribution in [0.5, 0.6) is 23.0 Å². The number of fused-ring (bicyclic) bond motifs is 1. The number of carbonyl (C=O) groups is 1. The first-order valence-corrected chi connectivity index (χ1v) is 18.6. The van der Waals surface area contributed by atoms with E-state index in [2.05, 4.69) is 0 Å². The molecule has 1 unspecified atom stereocenters. The molecule has 2 aromatic heterocycles. The van der Waals surface area contributed by atoms with Gasteiger partial charge in [-0.2, -0.15) is 0 Å². The number of hydrogen-bond donors (Lipinski definition) is 0. The fourth-order valence-electron chi connectivity index (χ4n) is 7.08. The van der Waals surface area contributed by atoms with Gasteiger partial charge in [-0.05, 0) is 98.6 Å². The van der Waals surface area contributed by atoms with Crippen molar-refractivity contribution in [3.63, 3.8) is 0 Å². The fourth-order valence-corrected chi connectivity index (χ4v) is 7.08. The summed E-state index contributed by atoms with van der Waals surface area (Å²) < 4.78 is 56.5. The fraction of sp³-hybridized carbons (Fsp3) is 0.295. The van der Waals surface area contributed by atoms with Gasteiger partial charge in [0.25, 0.3) is 5.92 Å². The number of benzene rings is 4. The number of halogens is 2. The number of ether oxygens (including phenoxy) is 4. The third-order valence-corrected chi connectivity index (χ3v) is 9.61. The Morgan fingerprint density at radius 2 is 1.37 bits per heavy atom. The highest BCUT2D eigenvalue weighted by Gasteiger charge is 2.45. The van der Waals surface area contributed by atoms with Crippen molar-refractivity contribution >= 4 is 22.9 Å². The predicted octanol–water partition coefficient (Wildman–Crippen LogP) is 9.02. The van der Waals surface area contributed by atoms with E-state index in [9.17, 15) is 9.59 Å². The number of hydrogen-bond acceptors (Lipinski definition) is 8. The number of rotatable bonds is 11. The molecule has 1 aliphatic heterocycles. The van der Waals surface area contributed by atoms with Crippen molar-refractivity contribution in [1.29, 1.82) is 0 Å². The lowest BCUT2D eigenvalue weighted by atomic mass is 10.0. The Kier molecular flexibility index (Phi) is 10.9. The number of aromatic nitrogens is 3. The van der Waals surface area contributed by atoms with Crippen molar-refractivity contribution in [3.05, 3.63) is 137 Å². The lowest BCUT2D eigenvalue weighted by molar-refractivity contribution is -0.0837. The molecule has 1 saturated heterocycles. The number of likely N-dealkylation sites (tertiary alicyclic amines) is 1. The maximum absolute atomic E-state index is 15.6. The number of nitrogens with zero attached hydrogens (tertiary/aromatic N) is 5. The van der Waals surface area contributed by atoms with Crippen LogP contribution in [0.15, 0.2) is 120 Å². The molecule has 1 aliphatic rings. The number of piperidine rings is 1. The summed E-state index contributed by atoms with van der Waals surface area (Å²) in [5.74, 6) is -0.251. The second kappa shape index (κ2) is 16.0. The van der Waals surface area contributed by atoms with E-state index in [0.717, 1.165) is 16.0 Å². The Balaban J connectivity index is 1.39. The molecular weight excluding hydrogens is 733 g/mol. The van der Waals surface area contributed by atoms with Crippen LogP contribution in [-0.2, 0) is 17.8 Å². The van der Waals surface area contributed by atoms with Crippen molar-refractivity contribution in [2.45, 2.75) is 57.8 Å². The SMILES string of the molecule is COc1ccc(CN(Cc2ccc(OC)cc2)c2nccc3c2n(-c2ccc(Oc4ccccc4)cc2)c(=O)n3C2CN(C(=O)OC(C)(C)C)CC(F)(F)C2)cc1. The number of alkyl halides is 2. The Labute approximate surface area is 329 Å². The average molecular weight is 778 g/mol. The summed E-state index contributed by atoms with van der Waals surface area (Å²) in [6.45, 7) is 4.80. The predicted molar refractivity (Wildman–Crippen MR) is 214 cm³/mol. The van der Waals surface area contributed by atoms with E-state index < -0.39 is 42.3 Å². The van der Waals surface area contributed by atoms with E-state index in [0.29, 0.717) is 58.6 Å². The van der Waals surface area contributed by atoms with Crippen LogP contribution in [0.4, 0.5) is 19.4 Å². The minimum atomic E-state index is -3.30. The van der Waals surface area contributed by atoms with E-state index in [1.165, 1.54) is 9.13 Å². The van der Waals surface area contributed by atoms with Crippen molar-refractivity contribution in [2.24, 2.45) is 0 Å². The minimum absolute atomic E-state index is 0.160. The van der Waals surface area contributed by atoms with E-state index in [1.807, 2.05) is 83.8 Å². The normalized spacial score (nSPS) is 15.3. The number of methoxy groups -OCH3 is 2. The molecule has 0 bridgehead atoms. The van der Waals surface area contributed by atoms with Gasteiger partial charge in [0.2, 0.25) is 0 Å². The molecule has 0 spiro atoms. The number of para-hydroxylation sites is 1. The summed E-state index contributed by atoms with van der Waals surface area (Å²) in [4.78, 5) is 36.1. The van der Waals surface area contributed by atoms with Gasteiger partial charge in [-0.1, -0.05) is 42.5 Å². The van der Waals surface area contributed by atoms with Crippen LogP contribution in [0.25, 0.3) is 16.7 Å². The van der Waals surface area contributed by atoms with E-state index in [-0.39, 0.29) is 6.54 Å². The molecule has 7 rings (SSSR count). The number of anilines is 1. The van der Waals surface area contributed by atoms with E-state index in [1.54, 1.807) is 71.5 Å². The highest BCUT2D eigenvalue weighted by Crippen LogP contribution is 2.37. The zero-order valence-corrected chi connectivity index (χ0v) is 32.5. The largest absolute Gasteiger partial charge is 0.497 e. The Morgan fingerprint density at radius 1 is 0.807 bits per heavy atom. The molecule has 11 nitrogen and oxygen atoms in total. The highest BCUT2D eigenvalue weighted by molar-refractivity contribution is 5.89. The van der Waals surface area contributed by atoms with Crippen molar-refractivity contribution < 1.29 is 32.5 Å². The van der Waals surface area contributed by atoms with Gasteiger partial charge in [0.1, 0.15) is 34.1 Å². The molecule has 3 heterocycles. The number of imidazole rings is 1. The molecule has 0 radical (unpaired) electrons. The topological polar surface area (TPSA) is 100 Å². The van der Waals surface area contributed by atoms with E-state index in [4.69, 9.17) is 23.9 Å². The molecule has 1 fully saturated rings. The lowest BCUT2D eigenvalue weighted by Crippen LogP contribution is -2.52. The van der Waals surface area contributed by atoms with Gasteiger partial charge in [0.05, 0.1) is 38.0 Å². The van der Waals surface area contributed by atoms with Crippen molar-refractivity contribution in [3.8, 4) is 28.7 Å². The van der Waals surface area contributed by atoms with Crippen molar-refractivity contribution in [1.82, 2.24) is 19.0 Å². The summed E-state index contributed by atoms with van der Waals surface area (Å²) in [6, 6.07) is 32.2. The van der Waals surface area contributed by atoms with Crippen LogP contribution >= 0.6 is 0 Å². The highest BCUT2D eigenvalue weighted by atomic mass is 19.3. The number of carbonyl (C=O) groups excluding carboxylic acids is 1. The first-order chi connectivity index (χ1) is 27.3. The molecule has 1 amide bonds. The summed E-state index contributed by atoms with van der Waals surface area (Å²) in [7, 11) is 3.21. The number of amides is 1. The van der Waals surface area contributed by atoms with Gasteiger partial charge >= 0.3 is 11.8 Å². The summed E-state index contributed by atoms with van der Waals surface area (Å²) in [6.07, 6.45) is 0.0511. The van der Waals surface area contributed by atoms with Crippen LogP contribution in [0.1, 0.15) is 44.4 Å². The van der Waals surface area contributed by atoms with Crippen LogP contribution in [-0.4, -0.2) is 63.9 Å². The first-order valence-electron chi connectivity index (χ1n) is 18.6. The van der Waals surface area contributed by atoms with Gasteiger partial charge in [-0.25, -0.2) is 23.4 Å². The molecule has 6 aromatic rings. The van der Waals surface area contributed by atoms with Gasteiger partial charge in [0.15, 0.2) is 5.82 Å². The van der Waals surface area contributed by atoms with Crippen LogP contribution in [0, 0.1) is 0 Å². The summed E-state index contributed by atoms with van der Waals surface area (Å²) >= 11 is 0. The Morgan fingerprint density at radius 3 is 1.93 bits per heavy atom. The molecular formula is C44H45F2N5O6. The maximum atomic E-state index is 15.6. The molecule has 57 heavy (non-hydrogen) atoms. The molecule has 0 saturated carbocycles. The second-order valence-electron chi connectivity index (χ2n) is 15.0. The monoisotopic (exact) mass is 777 g/mol. The third-order valence-electron chi connectivity index (χ3n) is 9.61. The maximum Gasteiger partial charge on any atom is 0.410 e. The molecule has 0 N–H and O–H groups in total.